The topological polar surface area (TPSA) is 29.5 Å². The van der Waals surface area contributed by atoms with E-state index in [4.69, 9.17) is 11.8 Å². The van der Waals surface area contributed by atoms with Gasteiger partial charge >= 0.3 is 5.97 Å². The van der Waals surface area contributed by atoms with E-state index in [1.165, 1.54) is 12.7 Å². The number of hydrogen-bond donors (Lipinski definition) is 0. The number of methoxy groups -OCH3 is 1. The molecule has 1 aromatic carbocycles. The Hall–Kier alpha value is -1.06. The van der Waals surface area contributed by atoms with E-state index in [0.717, 1.165) is 25.9 Å². The molecule has 0 N–H and O–H groups in total. The van der Waals surface area contributed by atoms with Gasteiger partial charge in [-0.2, -0.15) is 0 Å². The van der Waals surface area contributed by atoms with Crippen molar-refractivity contribution in [3.63, 3.8) is 0 Å². The summed E-state index contributed by atoms with van der Waals surface area (Å²) in [6.45, 7) is 1.84. The number of carbonyl (C=O) groups is 1. The van der Waals surface area contributed by atoms with Crippen LogP contribution in [0.1, 0.15) is 34.7 Å². The third-order valence-electron chi connectivity index (χ3n) is 3.24. The summed E-state index contributed by atoms with van der Waals surface area (Å²) in [4.78, 5) is 11.3. The zero-order chi connectivity index (χ0) is 12.3. The summed E-state index contributed by atoms with van der Waals surface area (Å²) in [5.41, 5.74) is 1.88. The zero-order valence-electron chi connectivity index (χ0n) is 9.86. The SMILES string of the molecule is COC(=O)c1ccc(C2CCN(Cl)CC2)cc1. The molecule has 0 bridgehead atoms. The Balaban J connectivity index is 2.05. The van der Waals surface area contributed by atoms with Crippen molar-refractivity contribution < 1.29 is 9.53 Å². The Morgan fingerprint density at radius 1 is 1.29 bits per heavy atom. The fourth-order valence-corrected chi connectivity index (χ4v) is 2.39. The summed E-state index contributed by atoms with van der Waals surface area (Å²) < 4.78 is 6.51. The minimum atomic E-state index is -0.285. The van der Waals surface area contributed by atoms with E-state index in [1.807, 2.05) is 28.7 Å². The van der Waals surface area contributed by atoms with Crippen LogP contribution in [-0.4, -0.2) is 30.6 Å². The lowest BCUT2D eigenvalue weighted by atomic mass is 9.90. The highest BCUT2D eigenvalue weighted by Gasteiger charge is 2.19. The molecule has 17 heavy (non-hydrogen) atoms. The van der Waals surface area contributed by atoms with Crippen LogP contribution in [0, 0.1) is 0 Å². The molecule has 1 aromatic rings. The molecule has 4 heteroatoms. The molecule has 0 radical (unpaired) electrons. The smallest absolute Gasteiger partial charge is 0.337 e. The minimum absolute atomic E-state index is 0.285. The van der Waals surface area contributed by atoms with Gasteiger partial charge in [0, 0.05) is 13.1 Å². The summed E-state index contributed by atoms with van der Waals surface area (Å²) in [6, 6.07) is 7.68. The second-order valence-electron chi connectivity index (χ2n) is 4.30. The molecule has 1 heterocycles. The molecule has 1 aliphatic rings. The number of halogens is 1. The van der Waals surface area contributed by atoms with Crippen LogP contribution in [0.15, 0.2) is 24.3 Å². The molecule has 1 fully saturated rings. The first-order valence-electron chi connectivity index (χ1n) is 5.79. The van der Waals surface area contributed by atoms with Crippen molar-refractivity contribution in [2.45, 2.75) is 18.8 Å². The normalized spacial score (nSPS) is 18.0. The number of nitrogens with zero attached hydrogens (tertiary/aromatic N) is 1. The number of ether oxygens (including phenoxy) is 1. The third-order valence-corrected chi connectivity index (χ3v) is 3.58. The molecule has 0 saturated carbocycles. The van der Waals surface area contributed by atoms with Crippen LogP contribution in [0.2, 0.25) is 0 Å². The van der Waals surface area contributed by atoms with Gasteiger partial charge in [-0.25, -0.2) is 9.21 Å². The number of esters is 1. The molecular weight excluding hydrogens is 238 g/mol. The Morgan fingerprint density at radius 3 is 2.41 bits per heavy atom. The van der Waals surface area contributed by atoms with Crippen molar-refractivity contribution in [1.29, 1.82) is 0 Å². The highest BCUT2D eigenvalue weighted by molar-refractivity contribution is 6.13. The molecule has 1 aliphatic heterocycles. The van der Waals surface area contributed by atoms with Gasteiger partial charge in [0.05, 0.1) is 12.7 Å². The summed E-state index contributed by atoms with van der Waals surface area (Å²) in [7, 11) is 1.40. The molecule has 92 valence electrons. The fourth-order valence-electron chi connectivity index (χ4n) is 2.19. The van der Waals surface area contributed by atoms with Crippen LogP contribution in [0.25, 0.3) is 0 Å². The lowest BCUT2D eigenvalue weighted by Crippen LogP contribution is -2.25. The number of hydrogen-bond acceptors (Lipinski definition) is 3. The van der Waals surface area contributed by atoms with Crippen molar-refractivity contribution in [3.8, 4) is 0 Å². The van der Waals surface area contributed by atoms with Gasteiger partial charge in [0.1, 0.15) is 0 Å². The molecule has 0 unspecified atom stereocenters. The van der Waals surface area contributed by atoms with Crippen LogP contribution in [0.4, 0.5) is 0 Å². The Bertz CT molecular complexity index is 383. The quantitative estimate of drug-likeness (QED) is 0.600. The third kappa shape index (κ3) is 2.99. The molecule has 1 saturated heterocycles. The van der Waals surface area contributed by atoms with Crippen LogP contribution < -0.4 is 0 Å². The van der Waals surface area contributed by atoms with Crippen molar-refractivity contribution in [2.24, 2.45) is 0 Å². The predicted molar refractivity (Wildman–Crippen MR) is 67.2 cm³/mol. The standard InChI is InChI=1S/C13H16ClNO2/c1-17-13(16)12-4-2-10(3-5-12)11-6-8-15(14)9-7-11/h2-5,11H,6-9H2,1H3. The molecule has 3 nitrogen and oxygen atoms in total. The van der Waals surface area contributed by atoms with Gasteiger partial charge in [-0.1, -0.05) is 12.1 Å². The average molecular weight is 254 g/mol. The van der Waals surface area contributed by atoms with Gasteiger partial charge in [0.2, 0.25) is 0 Å². The van der Waals surface area contributed by atoms with E-state index in [1.54, 1.807) is 0 Å². The highest BCUT2D eigenvalue weighted by atomic mass is 35.5. The molecule has 0 spiro atoms. The zero-order valence-corrected chi connectivity index (χ0v) is 10.6. The van der Waals surface area contributed by atoms with Crippen LogP contribution in [0.5, 0.6) is 0 Å². The van der Waals surface area contributed by atoms with E-state index >= 15 is 0 Å². The number of rotatable bonds is 2. The number of benzene rings is 1. The maximum Gasteiger partial charge on any atom is 0.337 e. The maximum absolute atomic E-state index is 11.3. The van der Waals surface area contributed by atoms with Crippen molar-refractivity contribution in [1.82, 2.24) is 4.42 Å². The average Bonchev–Trinajstić information content (AvgIpc) is 2.39. The summed E-state index contributed by atoms with van der Waals surface area (Å²) in [6.07, 6.45) is 2.14. The van der Waals surface area contributed by atoms with Gasteiger partial charge in [-0.3, -0.25) is 0 Å². The summed E-state index contributed by atoms with van der Waals surface area (Å²) >= 11 is 5.93. The molecule has 2 rings (SSSR count). The van der Waals surface area contributed by atoms with E-state index in [9.17, 15) is 4.79 Å². The van der Waals surface area contributed by atoms with Crippen molar-refractivity contribution in [3.05, 3.63) is 35.4 Å². The second kappa shape index (κ2) is 5.52. The van der Waals surface area contributed by atoms with Gasteiger partial charge < -0.3 is 4.74 Å². The van der Waals surface area contributed by atoms with E-state index in [0.29, 0.717) is 11.5 Å². The summed E-state index contributed by atoms with van der Waals surface area (Å²) in [5.74, 6) is 0.267. The maximum atomic E-state index is 11.3. The van der Waals surface area contributed by atoms with Gasteiger partial charge in [-0.05, 0) is 48.2 Å². The highest BCUT2D eigenvalue weighted by Crippen LogP contribution is 2.28. The van der Waals surface area contributed by atoms with E-state index in [-0.39, 0.29) is 5.97 Å². The van der Waals surface area contributed by atoms with Crippen LogP contribution >= 0.6 is 11.8 Å². The van der Waals surface area contributed by atoms with Gasteiger partial charge in [0.25, 0.3) is 0 Å². The Morgan fingerprint density at radius 2 is 1.88 bits per heavy atom. The van der Waals surface area contributed by atoms with Crippen LogP contribution in [-0.2, 0) is 4.74 Å². The van der Waals surface area contributed by atoms with E-state index in [2.05, 4.69) is 4.74 Å². The minimum Gasteiger partial charge on any atom is -0.465 e. The predicted octanol–water partition coefficient (Wildman–Crippen LogP) is 2.81. The van der Waals surface area contributed by atoms with E-state index < -0.39 is 0 Å². The van der Waals surface area contributed by atoms with Crippen molar-refractivity contribution in [2.75, 3.05) is 20.2 Å². The van der Waals surface area contributed by atoms with Gasteiger partial charge in [-0.15, -0.1) is 0 Å². The van der Waals surface area contributed by atoms with Crippen molar-refractivity contribution >= 4 is 17.7 Å². The van der Waals surface area contributed by atoms with Gasteiger partial charge in [0.15, 0.2) is 0 Å². The molecule has 0 atom stereocenters. The monoisotopic (exact) mass is 253 g/mol. The Labute approximate surface area is 106 Å². The lowest BCUT2D eigenvalue weighted by molar-refractivity contribution is 0.0600. The summed E-state index contributed by atoms with van der Waals surface area (Å²) in [5, 5.41) is 0. The number of piperidine rings is 1. The first-order chi connectivity index (χ1) is 8.20. The molecule has 0 amide bonds. The van der Waals surface area contributed by atoms with Crippen LogP contribution in [0.3, 0.4) is 0 Å². The first-order valence-corrected chi connectivity index (χ1v) is 6.13. The first kappa shape index (κ1) is 12.4. The molecule has 0 aromatic heterocycles. The largest absolute Gasteiger partial charge is 0.465 e. The lowest BCUT2D eigenvalue weighted by Gasteiger charge is -2.27. The number of carbonyl (C=O) groups excluding carboxylic acids is 1. The fraction of sp³-hybridized carbons (Fsp3) is 0.462. The molecular formula is C13H16ClNO2. The molecule has 0 aliphatic carbocycles. The second-order valence-corrected chi connectivity index (χ2v) is 4.78. The Kier molecular flexibility index (Phi) is 4.02.